The lowest BCUT2D eigenvalue weighted by Gasteiger charge is -2.06. The molecule has 4 nitrogen and oxygen atoms in total. The Hall–Kier alpha value is -2.11. The highest BCUT2D eigenvalue weighted by Gasteiger charge is 2.03. The van der Waals surface area contributed by atoms with Gasteiger partial charge < -0.3 is 13.6 Å². The molecule has 5 heteroatoms. The molecular formula is C14H12O4Si. The minimum atomic E-state index is -0.472. The molecule has 2 aromatic rings. The quantitative estimate of drug-likeness (QED) is 0.363. The zero-order chi connectivity index (χ0) is 13.7. The van der Waals surface area contributed by atoms with Crippen molar-refractivity contribution in [2.45, 2.75) is 0 Å². The van der Waals surface area contributed by atoms with Crippen molar-refractivity contribution in [2.75, 3.05) is 7.11 Å². The lowest BCUT2D eigenvalue weighted by atomic mass is 10.1. The second kappa shape index (κ2) is 6.17. The van der Waals surface area contributed by atoms with Crippen LogP contribution < -0.4 is 9.16 Å². The molecule has 0 atom stereocenters. The van der Waals surface area contributed by atoms with Crippen LogP contribution in [0.2, 0.25) is 0 Å². The van der Waals surface area contributed by atoms with Crippen molar-refractivity contribution in [3.8, 4) is 11.5 Å². The average molecular weight is 272 g/mol. The number of hydrogen-bond acceptors (Lipinski definition) is 4. The van der Waals surface area contributed by atoms with E-state index in [2.05, 4.69) is 6.58 Å². The Balaban J connectivity index is 2.24. The maximum absolute atomic E-state index is 11.1. The van der Waals surface area contributed by atoms with Crippen LogP contribution in [0.3, 0.4) is 0 Å². The van der Waals surface area contributed by atoms with E-state index < -0.39 is 5.97 Å². The van der Waals surface area contributed by atoms with Gasteiger partial charge in [0, 0.05) is 13.2 Å². The second-order valence-electron chi connectivity index (χ2n) is 3.69. The zero-order valence-electron chi connectivity index (χ0n) is 10.4. The van der Waals surface area contributed by atoms with E-state index in [9.17, 15) is 4.79 Å². The third-order valence-corrected chi connectivity index (χ3v) is 2.90. The molecule has 96 valence electrons. The topological polar surface area (TPSA) is 44.8 Å². The van der Waals surface area contributed by atoms with Gasteiger partial charge in [-0.3, -0.25) is 0 Å². The first-order valence-electron chi connectivity index (χ1n) is 5.56. The lowest BCUT2D eigenvalue weighted by Crippen LogP contribution is -2.04. The van der Waals surface area contributed by atoms with Gasteiger partial charge in [0.1, 0.15) is 11.5 Å². The number of esters is 1. The summed E-state index contributed by atoms with van der Waals surface area (Å²) >= 11 is 0. The predicted molar refractivity (Wildman–Crippen MR) is 73.2 cm³/mol. The highest BCUT2D eigenvalue weighted by atomic mass is 28.3. The summed E-state index contributed by atoms with van der Waals surface area (Å²) in [5.41, 5.74) is 0. The standard InChI is InChI=1S/C14H12O4Si/c1-3-14(15)17-12-6-4-11-9-13(18-19-16-2)7-5-10(11)8-12/h3-9H,1H2,2H3. The molecule has 0 bridgehead atoms. The van der Waals surface area contributed by atoms with Crippen molar-refractivity contribution in [1.82, 2.24) is 0 Å². The van der Waals surface area contributed by atoms with Crippen molar-refractivity contribution >= 4 is 26.7 Å². The Morgan fingerprint density at radius 2 is 1.79 bits per heavy atom. The van der Waals surface area contributed by atoms with E-state index in [1.54, 1.807) is 19.2 Å². The fourth-order valence-corrected chi connectivity index (χ4v) is 1.88. The van der Waals surface area contributed by atoms with Crippen LogP contribution in [0.1, 0.15) is 0 Å². The highest BCUT2D eigenvalue weighted by Crippen LogP contribution is 2.25. The van der Waals surface area contributed by atoms with E-state index in [4.69, 9.17) is 13.6 Å². The summed E-state index contributed by atoms with van der Waals surface area (Å²) in [6.45, 7) is 3.36. The molecule has 0 saturated heterocycles. The normalized spacial score (nSPS) is 10.2. The number of carbonyl (C=O) groups is 1. The molecule has 0 amide bonds. The molecule has 0 fully saturated rings. The third kappa shape index (κ3) is 3.43. The molecule has 0 N–H and O–H groups in total. The lowest BCUT2D eigenvalue weighted by molar-refractivity contribution is -0.128. The summed E-state index contributed by atoms with van der Waals surface area (Å²) in [6, 6.07) is 11.0. The van der Waals surface area contributed by atoms with E-state index in [1.807, 2.05) is 24.3 Å². The summed E-state index contributed by atoms with van der Waals surface area (Å²) in [6.07, 6.45) is 1.13. The van der Waals surface area contributed by atoms with Gasteiger partial charge in [0.05, 0.1) is 0 Å². The molecule has 0 aliphatic heterocycles. The molecule has 19 heavy (non-hydrogen) atoms. The SMILES string of the molecule is C=CC(=O)Oc1ccc2cc(O[Si]OC)ccc2c1. The van der Waals surface area contributed by atoms with Crippen LogP contribution in [0, 0.1) is 0 Å². The molecule has 2 rings (SSSR count). The zero-order valence-corrected chi connectivity index (χ0v) is 11.4. The number of carbonyl (C=O) groups excluding carboxylic acids is 1. The average Bonchev–Trinajstić information content (AvgIpc) is 2.44. The Morgan fingerprint density at radius 3 is 2.42 bits per heavy atom. The van der Waals surface area contributed by atoms with Gasteiger partial charge in [0.15, 0.2) is 0 Å². The molecule has 2 radical (unpaired) electrons. The van der Waals surface area contributed by atoms with Crippen molar-refractivity contribution in [2.24, 2.45) is 0 Å². The summed E-state index contributed by atoms with van der Waals surface area (Å²) in [7, 11) is 1.56. The monoisotopic (exact) mass is 272 g/mol. The Kier molecular flexibility index (Phi) is 4.33. The van der Waals surface area contributed by atoms with E-state index in [0.29, 0.717) is 5.75 Å². The third-order valence-electron chi connectivity index (χ3n) is 2.41. The van der Waals surface area contributed by atoms with E-state index in [-0.39, 0.29) is 10.0 Å². The molecule has 0 aromatic heterocycles. The number of fused-ring (bicyclic) bond motifs is 1. The van der Waals surface area contributed by atoms with E-state index in [1.165, 1.54) is 0 Å². The van der Waals surface area contributed by atoms with Crippen LogP contribution in [0.25, 0.3) is 10.8 Å². The number of benzene rings is 2. The summed E-state index contributed by atoms with van der Waals surface area (Å²) in [5, 5.41) is 1.96. The van der Waals surface area contributed by atoms with Gasteiger partial charge in [-0.15, -0.1) is 0 Å². The Morgan fingerprint density at radius 1 is 1.16 bits per heavy atom. The van der Waals surface area contributed by atoms with Gasteiger partial charge in [-0.05, 0) is 35.0 Å². The Labute approximate surface area is 113 Å². The minimum Gasteiger partial charge on any atom is -0.517 e. The Bertz CT molecular complexity index is 609. The van der Waals surface area contributed by atoms with Gasteiger partial charge in [-0.1, -0.05) is 18.7 Å². The van der Waals surface area contributed by atoms with Crippen LogP contribution in [0.4, 0.5) is 0 Å². The molecule has 0 aliphatic carbocycles. The summed E-state index contributed by atoms with van der Waals surface area (Å²) in [5.74, 6) is 0.758. The summed E-state index contributed by atoms with van der Waals surface area (Å²) < 4.78 is 15.3. The minimum absolute atomic E-state index is 0.0228. The van der Waals surface area contributed by atoms with Gasteiger partial charge in [-0.2, -0.15) is 0 Å². The number of hydrogen-bond donors (Lipinski definition) is 0. The maximum atomic E-state index is 11.1. The van der Waals surface area contributed by atoms with Crippen LogP contribution in [0.15, 0.2) is 49.1 Å². The van der Waals surface area contributed by atoms with E-state index >= 15 is 0 Å². The fourth-order valence-electron chi connectivity index (χ4n) is 1.58. The first-order chi connectivity index (χ1) is 9.22. The fraction of sp³-hybridized carbons (Fsp3) is 0.0714. The highest BCUT2D eigenvalue weighted by molar-refractivity contribution is 6.19. The van der Waals surface area contributed by atoms with Gasteiger partial charge in [0.25, 0.3) is 0 Å². The van der Waals surface area contributed by atoms with Crippen molar-refractivity contribution in [1.29, 1.82) is 0 Å². The molecule has 2 aromatic carbocycles. The van der Waals surface area contributed by atoms with Gasteiger partial charge in [-0.25, -0.2) is 4.79 Å². The summed E-state index contributed by atoms with van der Waals surface area (Å²) in [4.78, 5) is 11.1. The van der Waals surface area contributed by atoms with Gasteiger partial charge in [0.2, 0.25) is 0 Å². The molecular weight excluding hydrogens is 260 g/mol. The van der Waals surface area contributed by atoms with Crippen LogP contribution in [0.5, 0.6) is 11.5 Å². The van der Waals surface area contributed by atoms with Gasteiger partial charge >= 0.3 is 16.0 Å². The van der Waals surface area contributed by atoms with Crippen LogP contribution >= 0.6 is 0 Å². The number of rotatable bonds is 5. The second-order valence-corrected chi connectivity index (χ2v) is 4.46. The van der Waals surface area contributed by atoms with Crippen molar-refractivity contribution in [3.05, 3.63) is 49.1 Å². The smallest absolute Gasteiger partial charge is 0.517 e. The van der Waals surface area contributed by atoms with Crippen LogP contribution in [-0.4, -0.2) is 23.1 Å². The van der Waals surface area contributed by atoms with Crippen LogP contribution in [-0.2, 0) is 9.22 Å². The first-order valence-corrected chi connectivity index (χ1v) is 6.37. The maximum Gasteiger partial charge on any atom is 0.520 e. The molecule has 0 saturated carbocycles. The molecule has 0 unspecified atom stereocenters. The van der Waals surface area contributed by atoms with E-state index in [0.717, 1.165) is 22.6 Å². The molecule has 0 spiro atoms. The molecule has 0 aliphatic rings. The van der Waals surface area contributed by atoms with Crippen molar-refractivity contribution in [3.63, 3.8) is 0 Å². The molecule has 0 heterocycles. The number of ether oxygens (including phenoxy) is 1. The predicted octanol–water partition coefficient (Wildman–Crippen LogP) is 2.49. The van der Waals surface area contributed by atoms with Crippen molar-refractivity contribution < 1.29 is 18.4 Å². The first kappa shape index (κ1) is 13.3. The largest absolute Gasteiger partial charge is 0.520 e.